The molecule has 2 aliphatic carbocycles. The lowest BCUT2D eigenvalue weighted by atomic mass is 9.74. The van der Waals surface area contributed by atoms with Gasteiger partial charge in [0.25, 0.3) is 8.32 Å². The first kappa shape index (κ1) is 34.0. The van der Waals surface area contributed by atoms with Crippen molar-refractivity contribution in [2.45, 2.75) is 82.2 Å². The SMILES string of the molecule is CC(C)(C)[Si](OCCn1nc(NC(=O)CC2CC(F)(F)C2(F)F)c(C2CCC2)c1-c1ccc(F)cc1)(c1ccccc1)c1ccccc1. The van der Waals surface area contributed by atoms with E-state index in [1.54, 1.807) is 16.8 Å². The third-order valence-corrected chi connectivity index (χ3v) is 14.9. The van der Waals surface area contributed by atoms with Crippen LogP contribution in [0.4, 0.5) is 27.8 Å². The van der Waals surface area contributed by atoms with Crippen molar-refractivity contribution in [1.82, 2.24) is 9.78 Å². The minimum atomic E-state index is -4.24. The van der Waals surface area contributed by atoms with Crippen molar-refractivity contribution in [3.63, 3.8) is 0 Å². The van der Waals surface area contributed by atoms with E-state index >= 15 is 0 Å². The highest BCUT2D eigenvalue weighted by Crippen LogP contribution is 2.56. The van der Waals surface area contributed by atoms with Crippen LogP contribution in [0.1, 0.15) is 64.4 Å². The van der Waals surface area contributed by atoms with Crippen LogP contribution in [0.5, 0.6) is 0 Å². The number of aromatic nitrogens is 2. The zero-order chi connectivity index (χ0) is 34.3. The number of amides is 1. The summed E-state index contributed by atoms with van der Waals surface area (Å²) in [5.74, 6) is -11.1. The number of hydrogen-bond acceptors (Lipinski definition) is 3. The van der Waals surface area contributed by atoms with Crippen LogP contribution in [-0.2, 0) is 15.8 Å². The molecule has 1 heterocycles. The third kappa shape index (κ3) is 6.11. The molecule has 0 radical (unpaired) electrons. The van der Waals surface area contributed by atoms with E-state index in [1.807, 2.05) is 36.4 Å². The standard InChI is InChI=1S/C37H40F5N3O2Si/c1-35(2,3)48(29-13-6-4-7-14-29,30-15-8-5-9-16-30)47-22-21-45-33(26-17-19-28(38)20-18-26)32(25-11-10-12-25)34(44-45)43-31(46)23-27-24-36(39,40)37(27,41)42/h4-9,13-20,25,27H,10-12,21-24H2,1-3H3,(H,43,44,46). The van der Waals surface area contributed by atoms with E-state index in [0.29, 0.717) is 11.3 Å². The zero-order valence-electron chi connectivity index (χ0n) is 27.3. The summed E-state index contributed by atoms with van der Waals surface area (Å²) >= 11 is 0. The fourth-order valence-corrected chi connectivity index (χ4v) is 11.7. The molecule has 0 aliphatic heterocycles. The number of hydrogen-bond donors (Lipinski definition) is 1. The average molecular weight is 682 g/mol. The molecule has 1 atom stereocenters. The molecule has 6 rings (SSSR count). The van der Waals surface area contributed by atoms with E-state index in [0.717, 1.165) is 35.2 Å². The van der Waals surface area contributed by atoms with E-state index in [-0.39, 0.29) is 29.9 Å². The first-order valence-electron chi connectivity index (χ1n) is 16.4. The molecule has 5 nitrogen and oxygen atoms in total. The summed E-state index contributed by atoms with van der Waals surface area (Å²) in [5, 5.41) is 9.44. The maximum absolute atomic E-state index is 14.1. The number of nitrogens with zero attached hydrogens (tertiary/aromatic N) is 2. The second-order valence-corrected chi connectivity index (χ2v) is 18.3. The summed E-state index contributed by atoms with van der Waals surface area (Å²) in [4.78, 5) is 13.1. The van der Waals surface area contributed by atoms with Gasteiger partial charge >= 0.3 is 11.8 Å². The minimum absolute atomic E-state index is 0.0289. The lowest BCUT2D eigenvalue weighted by molar-refractivity contribution is -0.313. The van der Waals surface area contributed by atoms with Crippen LogP contribution in [0, 0.1) is 11.7 Å². The Bertz CT molecular complexity index is 1700. The monoisotopic (exact) mass is 681 g/mol. The van der Waals surface area contributed by atoms with Crippen molar-refractivity contribution in [1.29, 1.82) is 0 Å². The second kappa shape index (κ2) is 12.9. The summed E-state index contributed by atoms with van der Waals surface area (Å²) in [6.45, 7) is 7.08. The smallest absolute Gasteiger partial charge is 0.313 e. The van der Waals surface area contributed by atoms with Gasteiger partial charge in [0.2, 0.25) is 5.91 Å². The molecule has 1 unspecified atom stereocenters. The number of alkyl halides is 4. The van der Waals surface area contributed by atoms with E-state index in [2.05, 4.69) is 50.4 Å². The highest BCUT2D eigenvalue weighted by molar-refractivity contribution is 6.99. The minimum Gasteiger partial charge on any atom is -0.406 e. The quantitative estimate of drug-likeness (QED) is 0.128. The molecule has 1 amide bonds. The van der Waals surface area contributed by atoms with Crippen LogP contribution >= 0.6 is 0 Å². The number of nitrogens with one attached hydrogen (secondary N) is 1. The Morgan fingerprint density at radius 3 is 2.00 bits per heavy atom. The average Bonchev–Trinajstić information content (AvgIpc) is 3.35. The molecule has 11 heteroatoms. The van der Waals surface area contributed by atoms with Gasteiger partial charge in [-0.3, -0.25) is 9.48 Å². The largest absolute Gasteiger partial charge is 0.406 e. The van der Waals surface area contributed by atoms with Crippen LogP contribution in [0.3, 0.4) is 0 Å². The number of halogens is 5. The molecule has 1 N–H and O–H groups in total. The number of carbonyl (C=O) groups excluding carboxylic acids is 1. The van der Waals surface area contributed by atoms with Crippen LogP contribution in [-0.4, -0.2) is 42.5 Å². The maximum Gasteiger partial charge on any atom is 0.313 e. The summed E-state index contributed by atoms with van der Waals surface area (Å²) in [5.41, 5.74) is 2.10. The Kier molecular flexibility index (Phi) is 9.14. The Hall–Kier alpha value is -3.83. The van der Waals surface area contributed by atoms with E-state index in [1.165, 1.54) is 12.1 Å². The molecule has 2 saturated carbocycles. The maximum atomic E-state index is 14.1. The molecule has 0 spiro atoms. The molecule has 3 aromatic carbocycles. The van der Waals surface area contributed by atoms with Crippen LogP contribution in [0.2, 0.25) is 5.04 Å². The Balaban J connectivity index is 1.36. The zero-order valence-corrected chi connectivity index (χ0v) is 28.3. The molecule has 1 aromatic heterocycles. The number of carbonyl (C=O) groups is 1. The lowest BCUT2D eigenvalue weighted by Crippen LogP contribution is -2.66. The van der Waals surface area contributed by atoms with Gasteiger partial charge in [-0.05, 0) is 58.4 Å². The van der Waals surface area contributed by atoms with Crippen LogP contribution in [0.25, 0.3) is 11.3 Å². The Morgan fingerprint density at radius 1 is 0.938 bits per heavy atom. The van der Waals surface area contributed by atoms with Gasteiger partial charge in [-0.1, -0.05) is 87.9 Å². The molecule has 48 heavy (non-hydrogen) atoms. The van der Waals surface area contributed by atoms with Crippen molar-refractivity contribution in [2.75, 3.05) is 11.9 Å². The van der Waals surface area contributed by atoms with Crippen molar-refractivity contribution in [2.24, 2.45) is 5.92 Å². The number of rotatable bonds is 11. The third-order valence-electron chi connectivity index (χ3n) is 9.85. The topological polar surface area (TPSA) is 56.1 Å². The van der Waals surface area contributed by atoms with Gasteiger partial charge in [-0.15, -0.1) is 0 Å². The summed E-state index contributed by atoms with van der Waals surface area (Å²) in [7, 11) is -2.89. The van der Waals surface area contributed by atoms with E-state index in [9.17, 15) is 26.7 Å². The molecule has 0 bridgehead atoms. The van der Waals surface area contributed by atoms with Gasteiger partial charge in [-0.25, -0.2) is 4.39 Å². The fraction of sp³-hybridized carbons (Fsp3) is 0.405. The number of benzene rings is 3. The van der Waals surface area contributed by atoms with Gasteiger partial charge in [0.15, 0.2) is 5.82 Å². The molecule has 2 fully saturated rings. The molecular formula is C37H40F5N3O2Si. The number of anilines is 1. The van der Waals surface area contributed by atoms with Gasteiger partial charge in [0.05, 0.1) is 18.8 Å². The molecule has 254 valence electrons. The summed E-state index contributed by atoms with van der Waals surface area (Å²) < 4.78 is 78.0. The fourth-order valence-electron chi connectivity index (χ4n) is 7.12. The lowest BCUT2D eigenvalue weighted by Gasteiger charge is -2.43. The van der Waals surface area contributed by atoms with Gasteiger partial charge in [0, 0.05) is 29.9 Å². The van der Waals surface area contributed by atoms with E-state index < -0.39 is 50.6 Å². The van der Waals surface area contributed by atoms with Gasteiger partial charge < -0.3 is 9.74 Å². The molecule has 4 aromatic rings. The normalized spacial score (nSPS) is 19.0. The highest BCUT2D eigenvalue weighted by Gasteiger charge is 2.71. The molecular weight excluding hydrogens is 642 g/mol. The summed E-state index contributed by atoms with van der Waals surface area (Å²) in [6, 6.07) is 26.4. The van der Waals surface area contributed by atoms with E-state index in [4.69, 9.17) is 9.52 Å². The van der Waals surface area contributed by atoms with Gasteiger partial charge in [0.1, 0.15) is 5.82 Å². The van der Waals surface area contributed by atoms with Crippen LogP contribution in [0.15, 0.2) is 84.9 Å². The first-order chi connectivity index (χ1) is 22.7. The first-order valence-corrected chi connectivity index (χ1v) is 18.3. The van der Waals surface area contributed by atoms with Crippen molar-refractivity contribution < 1.29 is 31.2 Å². The molecule has 0 saturated heterocycles. The van der Waals surface area contributed by atoms with Crippen LogP contribution < -0.4 is 15.7 Å². The Morgan fingerprint density at radius 2 is 1.52 bits per heavy atom. The van der Waals surface area contributed by atoms with Gasteiger partial charge in [-0.2, -0.15) is 22.7 Å². The predicted molar refractivity (Wildman–Crippen MR) is 179 cm³/mol. The van der Waals surface area contributed by atoms with Crippen molar-refractivity contribution in [3.05, 3.63) is 96.3 Å². The highest BCUT2D eigenvalue weighted by atomic mass is 28.4. The van der Waals surface area contributed by atoms with Crippen molar-refractivity contribution >= 4 is 30.4 Å². The second-order valence-electron chi connectivity index (χ2n) is 14.0. The Labute approximate surface area is 278 Å². The van der Waals surface area contributed by atoms with Crippen molar-refractivity contribution in [3.8, 4) is 11.3 Å². The molecule has 2 aliphatic rings. The summed E-state index contributed by atoms with van der Waals surface area (Å²) in [6.07, 6.45) is 0.828. The predicted octanol–water partition coefficient (Wildman–Crippen LogP) is 8.15.